The van der Waals surface area contributed by atoms with Crippen LogP contribution in [0.2, 0.25) is 0 Å². The van der Waals surface area contributed by atoms with Gasteiger partial charge >= 0.3 is 0 Å². The minimum absolute atomic E-state index is 0.163. The molecule has 0 heterocycles. The van der Waals surface area contributed by atoms with Crippen molar-refractivity contribution in [2.75, 3.05) is 14.1 Å². The molecule has 0 aliphatic rings. The van der Waals surface area contributed by atoms with Crippen molar-refractivity contribution in [3.05, 3.63) is 34.3 Å². The van der Waals surface area contributed by atoms with Crippen molar-refractivity contribution in [3.63, 3.8) is 0 Å². The molecule has 0 saturated carbocycles. The fraction of sp³-hybridized carbons (Fsp3) is 0.364. The van der Waals surface area contributed by atoms with E-state index in [0.717, 1.165) is 4.47 Å². The van der Waals surface area contributed by atoms with E-state index >= 15 is 0 Å². The molecule has 0 amide bonds. The van der Waals surface area contributed by atoms with Gasteiger partial charge in [0.05, 0.1) is 12.5 Å². The summed E-state index contributed by atoms with van der Waals surface area (Å²) in [7, 11) is 3.98. The Hall–Kier alpha value is -0.850. The summed E-state index contributed by atoms with van der Waals surface area (Å²) >= 11 is 3.50. The number of nitriles is 1. The Morgan fingerprint density at radius 3 is 2.57 bits per heavy atom. The minimum Gasteiger partial charge on any atom is -0.301 e. The first kappa shape index (κ1) is 11.2. The molecule has 74 valence electrons. The smallest absolute Gasteiger partial charge is 0.0641 e. The van der Waals surface area contributed by atoms with E-state index in [1.165, 1.54) is 5.56 Å². The highest BCUT2D eigenvalue weighted by atomic mass is 79.9. The van der Waals surface area contributed by atoms with Crippen molar-refractivity contribution in [2.45, 2.75) is 12.5 Å². The van der Waals surface area contributed by atoms with Gasteiger partial charge in [-0.25, -0.2) is 0 Å². The zero-order valence-electron chi connectivity index (χ0n) is 8.37. The topological polar surface area (TPSA) is 27.0 Å². The van der Waals surface area contributed by atoms with Crippen molar-refractivity contribution >= 4 is 15.9 Å². The van der Waals surface area contributed by atoms with Crippen LogP contribution in [-0.2, 0) is 0 Å². The number of rotatable bonds is 3. The largest absolute Gasteiger partial charge is 0.301 e. The van der Waals surface area contributed by atoms with Crippen LogP contribution in [0.1, 0.15) is 18.0 Å². The quantitative estimate of drug-likeness (QED) is 0.828. The third-order valence-corrected chi connectivity index (χ3v) is 2.89. The van der Waals surface area contributed by atoms with E-state index in [-0.39, 0.29) is 6.04 Å². The minimum atomic E-state index is 0.163. The molecule has 0 saturated heterocycles. The van der Waals surface area contributed by atoms with Crippen LogP contribution in [0.3, 0.4) is 0 Å². The number of benzene rings is 1. The van der Waals surface area contributed by atoms with Gasteiger partial charge in [0.15, 0.2) is 0 Å². The summed E-state index contributed by atoms with van der Waals surface area (Å²) in [6, 6.07) is 10.4. The summed E-state index contributed by atoms with van der Waals surface area (Å²) < 4.78 is 1.06. The Bertz CT molecular complexity index is 341. The second-order valence-corrected chi connectivity index (χ2v) is 4.22. The van der Waals surface area contributed by atoms with Gasteiger partial charge in [0.1, 0.15) is 0 Å². The molecule has 0 spiro atoms. The van der Waals surface area contributed by atoms with Gasteiger partial charge < -0.3 is 4.90 Å². The molecular weight excluding hydrogens is 240 g/mol. The molecule has 1 rings (SSSR count). The Morgan fingerprint density at radius 2 is 2.07 bits per heavy atom. The van der Waals surface area contributed by atoms with Crippen LogP contribution in [0, 0.1) is 11.3 Å². The first-order valence-electron chi connectivity index (χ1n) is 4.44. The molecule has 0 N–H and O–H groups in total. The molecule has 1 aromatic carbocycles. The van der Waals surface area contributed by atoms with Gasteiger partial charge in [0.25, 0.3) is 0 Å². The monoisotopic (exact) mass is 252 g/mol. The van der Waals surface area contributed by atoms with Crippen molar-refractivity contribution < 1.29 is 0 Å². The lowest BCUT2D eigenvalue weighted by Crippen LogP contribution is -2.19. The molecule has 0 bridgehead atoms. The average molecular weight is 253 g/mol. The predicted octanol–water partition coefficient (Wildman–Crippen LogP) is 2.97. The number of hydrogen-bond donors (Lipinski definition) is 0. The summed E-state index contributed by atoms with van der Waals surface area (Å²) in [6.45, 7) is 0. The summed E-state index contributed by atoms with van der Waals surface area (Å²) in [5, 5.41) is 8.75. The molecule has 1 aromatic rings. The molecule has 0 aliphatic carbocycles. The second-order valence-electron chi connectivity index (χ2n) is 3.36. The number of hydrogen-bond acceptors (Lipinski definition) is 2. The van der Waals surface area contributed by atoms with Gasteiger partial charge in [-0.05, 0) is 25.7 Å². The maximum Gasteiger partial charge on any atom is 0.0641 e. The van der Waals surface area contributed by atoms with E-state index < -0.39 is 0 Å². The lowest BCUT2D eigenvalue weighted by molar-refractivity contribution is 0.302. The first-order chi connectivity index (χ1) is 6.66. The van der Waals surface area contributed by atoms with Crippen molar-refractivity contribution in [1.82, 2.24) is 4.90 Å². The van der Waals surface area contributed by atoms with Gasteiger partial charge in [-0.2, -0.15) is 5.26 Å². The van der Waals surface area contributed by atoms with Crippen LogP contribution in [0.25, 0.3) is 0 Å². The van der Waals surface area contributed by atoms with E-state index in [4.69, 9.17) is 5.26 Å². The van der Waals surface area contributed by atoms with Gasteiger partial charge in [-0.15, -0.1) is 0 Å². The van der Waals surface area contributed by atoms with Crippen LogP contribution in [-0.4, -0.2) is 19.0 Å². The molecule has 1 atom stereocenters. The van der Waals surface area contributed by atoms with Crippen LogP contribution < -0.4 is 0 Å². The fourth-order valence-corrected chi connectivity index (χ4v) is 1.95. The molecule has 14 heavy (non-hydrogen) atoms. The molecule has 2 nitrogen and oxygen atoms in total. The van der Waals surface area contributed by atoms with Gasteiger partial charge in [-0.1, -0.05) is 34.1 Å². The highest BCUT2D eigenvalue weighted by Crippen LogP contribution is 2.28. The van der Waals surface area contributed by atoms with Crippen LogP contribution in [0.15, 0.2) is 28.7 Å². The lowest BCUT2D eigenvalue weighted by Gasteiger charge is -2.23. The van der Waals surface area contributed by atoms with Gasteiger partial charge in [0, 0.05) is 10.5 Å². The van der Waals surface area contributed by atoms with Crippen molar-refractivity contribution in [3.8, 4) is 6.07 Å². The first-order valence-corrected chi connectivity index (χ1v) is 5.24. The number of halogens is 1. The maximum absolute atomic E-state index is 8.75. The summed E-state index contributed by atoms with van der Waals surface area (Å²) in [5.74, 6) is 0. The van der Waals surface area contributed by atoms with Crippen LogP contribution in [0.4, 0.5) is 0 Å². The van der Waals surface area contributed by atoms with Gasteiger partial charge in [-0.3, -0.25) is 0 Å². The highest BCUT2D eigenvalue weighted by molar-refractivity contribution is 9.10. The molecule has 0 aliphatic heterocycles. The number of nitrogens with zero attached hydrogens (tertiary/aromatic N) is 2. The molecule has 0 radical (unpaired) electrons. The van der Waals surface area contributed by atoms with Crippen molar-refractivity contribution in [1.29, 1.82) is 5.26 Å². The van der Waals surface area contributed by atoms with Crippen molar-refractivity contribution in [2.24, 2.45) is 0 Å². The van der Waals surface area contributed by atoms with E-state index in [9.17, 15) is 0 Å². The summed E-state index contributed by atoms with van der Waals surface area (Å²) in [4.78, 5) is 2.06. The standard InChI is InChI=1S/C11H13BrN2/c1-14(2)11(7-8-13)9-5-3-4-6-10(9)12/h3-6,11H,7H2,1-2H3. The lowest BCUT2D eigenvalue weighted by atomic mass is 10.0. The van der Waals surface area contributed by atoms with Crippen LogP contribution in [0.5, 0.6) is 0 Å². The van der Waals surface area contributed by atoms with E-state index in [0.29, 0.717) is 6.42 Å². The summed E-state index contributed by atoms with van der Waals surface area (Å²) in [6.07, 6.45) is 0.510. The Kier molecular flexibility index (Phi) is 4.12. The fourth-order valence-electron chi connectivity index (χ4n) is 1.40. The normalized spacial score (nSPS) is 12.5. The third-order valence-electron chi connectivity index (χ3n) is 2.17. The third kappa shape index (κ3) is 2.57. The maximum atomic E-state index is 8.75. The van der Waals surface area contributed by atoms with E-state index in [1.54, 1.807) is 0 Å². The Morgan fingerprint density at radius 1 is 1.43 bits per heavy atom. The summed E-state index contributed by atoms with van der Waals surface area (Å²) in [5.41, 5.74) is 1.17. The van der Waals surface area contributed by atoms with Gasteiger partial charge in [0.2, 0.25) is 0 Å². The SMILES string of the molecule is CN(C)C(CC#N)c1ccccc1Br. The molecule has 3 heteroatoms. The zero-order valence-corrected chi connectivity index (χ0v) is 9.95. The molecule has 0 fully saturated rings. The molecule has 1 unspecified atom stereocenters. The van der Waals surface area contributed by atoms with Crippen LogP contribution >= 0.6 is 15.9 Å². The molecule has 0 aromatic heterocycles. The predicted molar refractivity (Wildman–Crippen MR) is 60.8 cm³/mol. The zero-order chi connectivity index (χ0) is 10.6. The van der Waals surface area contributed by atoms with E-state index in [1.807, 2.05) is 38.4 Å². The molecular formula is C11H13BrN2. The Labute approximate surface area is 93.3 Å². The average Bonchev–Trinajstić information content (AvgIpc) is 2.15. The van der Waals surface area contributed by atoms with E-state index in [2.05, 4.69) is 26.9 Å². The highest BCUT2D eigenvalue weighted by Gasteiger charge is 2.15. The second kappa shape index (κ2) is 5.14. The Balaban J connectivity index is 3.00.